The van der Waals surface area contributed by atoms with E-state index in [1.807, 2.05) is 11.8 Å². The van der Waals surface area contributed by atoms with E-state index in [4.69, 9.17) is 0 Å². The van der Waals surface area contributed by atoms with Gasteiger partial charge in [0.05, 0.1) is 16.5 Å². The number of amides is 1. The summed E-state index contributed by atoms with van der Waals surface area (Å²) in [6, 6.07) is 3.48. The first-order valence-electron chi connectivity index (χ1n) is 10.1. The quantitative estimate of drug-likeness (QED) is 0.858. The lowest BCUT2D eigenvalue weighted by Gasteiger charge is -2.39. The Kier molecular flexibility index (Phi) is 4.43. The van der Waals surface area contributed by atoms with Crippen LogP contribution in [0.1, 0.15) is 70.4 Å². The van der Waals surface area contributed by atoms with Crippen LogP contribution in [0.4, 0.5) is 5.69 Å². The second kappa shape index (κ2) is 6.31. The molecular formula is C21H30N2O3S. The summed E-state index contributed by atoms with van der Waals surface area (Å²) < 4.78 is 29.3. The zero-order valence-corrected chi connectivity index (χ0v) is 17.5. The number of benzene rings is 1. The molecule has 6 heteroatoms. The number of carbonyl (C=O) groups is 1. The molecule has 1 fully saturated rings. The average molecular weight is 391 g/mol. The van der Waals surface area contributed by atoms with Gasteiger partial charge in [-0.3, -0.25) is 4.79 Å². The molecule has 0 unspecified atom stereocenters. The van der Waals surface area contributed by atoms with Crippen LogP contribution in [0.25, 0.3) is 0 Å². The molecule has 0 radical (unpaired) electrons. The van der Waals surface area contributed by atoms with Crippen molar-refractivity contribution in [1.82, 2.24) is 4.72 Å². The molecule has 3 aliphatic rings. The summed E-state index contributed by atoms with van der Waals surface area (Å²) in [5, 5.41) is 0. The number of rotatable bonds is 3. The summed E-state index contributed by atoms with van der Waals surface area (Å²) in [4.78, 5) is 14.7. The highest BCUT2D eigenvalue weighted by molar-refractivity contribution is 7.89. The van der Waals surface area contributed by atoms with Crippen LogP contribution in [0.2, 0.25) is 0 Å². The second-order valence-electron chi connectivity index (χ2n) is 9.57. The van der Waals surface area contributed by atoms with Crippen LogP contribution in [-0.4, -0.2) is 26.9 Å². The molecule has 1 N–H and O–H groups in total. The van der Waals surface area contributed by atoms with Gasteiger partial charge in [-0.15, -0.1) is 0 Å². The van der Waals surface area contributed by atoms with Crippen molar-refractivity contribution < 1.29 is 13.2 Å². The molecule has 1 aromatic carbocycles. The van der Waals surface area contributed by atoms with Gasteiger partial charge in [0.1, 0.15) is 0 Å². The van der Waals surface area contributed by atoms with Gasteiger partial charge in [-0.05, 0) is 73.6 Å². The van der Waals surface area contributed by atoms with E-state index in [-0.39, 0.29) is 23.3 Å². The summed E-state index contributed by atoms with van der Waals surface area (Å²) in [6.45, 7) is 9.24. The van der Waals surface area contributed by atoms with Crippen molar-refractivity contribution in [3.05, 3.63) is 23.3 Å². The lowest BCUT2D eigenvalue weighted by molar-refractivity contribution is -0.119. The minimum atomic E-state index is -3.60. The normalized spacial score (nSPS) is 29.7. The largest absolute Gasteiger partial charge is 0.311 e. The summed E-state index contributed by atoms with van der Waals surface area (Å²) >= 11 is 0. The van der Waals surface area contributed by atoms with Crippen molar-refractivity contribution >= 4 is 21.6 Å². The smallest absolute Gasteiger partial charge is 0.240 e. The first-order chi connectivity index (χ1) is 12.6. The van der Waals surface area contributed by atoms with E-state index in [2.05, 4.69) is 25.5 Å². The van der Waals surface area contributed by atoms with Crippen LogP contribution < -0.4 is 9.62 Å². The molecule has 1 aliphatic carbocycles. The minimum absolute atomic E-state index is 0.0334. The number of hydrogen-bond donors (Lipinski definition) is 1. The van der Waals surface area contributed by atoms with E-state index in [1.165, 1.54) is 0 Å². The van der Waals surface area contributed by atoms with E-state index in [0.29, 0.717) is 10.8 Å². The topological polar surface area (TPSA) is 66.5 Å². The molecule has 4 rings (SSSR count). The Morgan fingerprint density at radius 2 is 1.93 bits per heavy atom. The van der Waals surface area contributed by atoms with Gasteiger partial charge in [-0.25, -0.2) is 13.1 Å². The molecule has 5 nitrogen and oxygen atoms in total. The fourth-order valence-electron chi connectivity index (χ4n) is 5.54. The van der Waals surface area contributed by atoms with Crippen molar-refractivity contribution in [2.75, 3.05) is 11.4 Å². The fraction of sp³-hybridized carbons (Fsp3) is 0.667. The molecule has 0 spiro atoms. The predicted molar refractivity (Wildman–Crippen MR) is 106 cm³/mol. The van der Waals surface area contributed by atoms with Crippen molar-refractivity contribution in [2.24, 2.45) is 11.3 Å². The molecule has 1 aromatic rings. The van der Waals surface area contributed by atoms with Gasteiger partial charge in [0.15, 0.2) is 0 Å². The van der Waals surface area contributed by atoms with Crippen LogP contribution in [0, 0.1) is 11.3 Å². The van der Waals surface area contributed by atoms with Gasteiger partial charge >= 0.3 is 0 Å². The third kappa shape index (κ3) is 3.31. The van der Waals surface area contributed by atoms with Crippen LogP contribution in [-0.2, 0) is 21.2 Å². The molecule has 148 valence electrons. The van der Waals surface area contributed by atoms with Gasteiger partial charge in [0.2, 0.25) is 15.9 Å². The lowest BCUT2D eigenvalue weighted by atomic mass is 9.71. The number of aryl methyl sites for hydroxylation is 1. The van der Waals surface area contributed by atoms with Crippen molar-refractivity contribution in [3.63, 3.8) is 0 Å². The number of nitrogens with zero attached hydrogens (tertiary/aromatic N) is 1. The number of sulfonamides is 1. The Morgan fingerprint density at radius 3 is 2.63 bits per heavy atom. The zero-order chi connectivity index (χ0) is 19.6. The summed E-state index contributed by atoms with van der Waals surface area (Å²) in [7, 11) is -3.60. The SMILES string of the molecule is C[C@H]1C[C@@H](NS(=O)(=O)c2cc3c4c(c2)[C@H](C)C(=O)N4CCC3)CC(C)(C)C1. The first-order valence-corrected chi connectivity index (χ1v) is 11.6. The zero-order valence-electron chi connectivity index (χ0n) is 16.7. The van der Waals surface area contributed by atoms with Gasteiger partial charge in [-0.1, -0.05) is 20.8 Å². The van der Waals surface area contributed by atoms with Gasteiger partial charge in [0, 0.05) is 12.6 Å². The molecule has 0 saturated heterocycles. The van der Waals surface area contributed by atoms with Crippen molar-refractivity contribution in [2.45, 2.75) is 76.7 Å². The predicted octanol–water partition coefficient (Wildman–Crippen LogP) is 3.58. The first kappa shape index (κ1) is 18.9. The number of nitrogens with one attached hydrogen (secondary N) is 1. The third-order valence-corrected chi connectivity index (χ3v) is 7.91. The maximum atomic E-state index is 13.2. The summed E-state index contributed by atoms with van der Waals surface area (Å²) in [5.74, 6) is 0.339. The van der Waals surface area contributed by atoms with Crippen molar-refractivity contribution in [1.29, 1.82) is 0 Å². The molecular weight excluding hydrogens is 360 g/mol. The Hall–Kier alpha value is -1.40. The highest BCUT2D eigenvalue weighted by Gasteiger charge is 2.39. The molecule has 3 atom stereocenters. The molecule has 0 bridgehead atoms. The van der Waals surface area contributed by atoms with Crippen LogP contribution >= 0.6 is 0 Å². The molecule has 1 amide bonds. The van der Waals surface area contributed by atoms with Gasteiger partial charge in [0.25, 0.3) is 0 Å². The molecule has 1 saturated carbocycles. The maximum absolute atomic E-state index is 13.2. The lowest BCUT2D eigenvalue weighted by Crippen LogP contribution is -2.42. The summed E-state index contributed by atoms with van der Waals surface area (Å²) in [6.07, 6.45) is 4.58. The van der Waals surface area contributed by atoms with E-state index in [9.17, 15) is 13.2 Å². The molecule has 2 aliphatic heterocycles. The molecule has 27 heavy (non-hydrogen) atoms. The number of carbonyl (C=O) groups excluding carboxylic acids is 1. The Bertz CT molecular complexity index is 891. The van der Waals surface area contributed by atoms with E-state index in [0.717, 1.165) is 55.5 Å². The molecule has 0 aromatic heterocycles. The van der Waals surface area contributed by atoms with Crippen molar-refractivity contribution in [3.8, 4) is 0 Å². The minimum Gasteiger partial charge on any atom is -0.311 e. The monoisotopic (exact) mass is 390 g/mol. The standard InChI is InChI=1S/C21H30N2O3S/c1-13-8-16(12-21(3,4)11-13)22-27(25,26)17-9-15-6-5-7-23-19(15)18(10-17)14(2)20(23)24/h9-10,13-14,16,22H,5-8,11-12H2,1-4H3/t13-,14-,16+/m0/s1. The van der Waals surface area contributed by atoms with E-state index >= 15 is 0 Å². The Balaban J connectivity index is 1.67. The van der Waals surface area contributed by atoms with Gasteiger partial charge < -0.3 is 4.90 Å². The number of hydrogen-bond acceptors (Lipinski definition) is 3. The highest BCUT2D eigenvalue weighted by Crippen LogP contribution is 2.44. The third-order valence-electron chi connectivity index (χ3n) is 6.41. The summed E-state index contributed by atoms with van der Waals surface area (Å²) in [5.41, 5.74) is 2.98. The van der Waals surface area contributed by atoms with Crippen LogP contribution in [0.15, 0.2) is 17.0 Å². The Labute approximate surface area is 162 Å². The fourth-order valence-corrected chi connectivity index (χ4v) is 6.88. The Morgan fingerprint density at radius 1 is 1.19 bits per heavy atom. The van der Waals surface area contributed by atoms with E-state index < -0.39 is 10.0 Å². The maximum Gasteiger partial charge on any atom is 0.240 e. The van der Waals surface area contributed by atoms with Gasteiger partial charge in [-0.2, -0.15) is 0 Å². The van der Waals surface area contributed by atoms with Crippen LogP contribution in [0.3, 0.4) is 0 Å². The second-order valence-corrected chi connectivity index (χ2v) is 11.3. The highest BCUT2D eigenvalue weighted by atomic mass is 32.2. The number of anilines is 1. The average Bonchev–Trinajstić information content (AvgIpc) is 2.79. The van der Waals surface area contributed by atoms with E-state index in [1.54, 1.807) is 12.1 Å². The molecule has 2 heterocycles. The van der Waals surface area contributed by atoms with Crippen LogP contribution in [0.5, 0.6) is 0 Å².